The molecule has 0 saturated carbocycles. The van der Waals surface area contributed by atoms with Gasteiger partial charge in [-0.1, -0.05) is 18.2 Å². The third-order valence-electron chi connectivity index (χ3n) is 1.77. The highest BCUT2D eigenvalue weighted by atomic mass is 32.2. The monoisotopic (exact) mass is 248 g/mol. The van der Waals surface area contributed by atoms with Crippen molar-refractivity contribution in [2.45, 2.75) is 12.4 Å². The molecule has 0 unspecified atom stereocenters. The topological polar surface area (TPSA) is 34.1 Å². The van der Waals surface area contributed by atoms with E-state index in [9.17, 15) is 21.6 Å². The first-order chi connectivity index (χ1) is 7.24. The van der Waals surface area contributed by atoms with E-state index in [1.807, 2.05) is 5.92 Å². The fourth-order valence-corrected chi connectivity index (χ4v) is 1.25. The molecule has 1 rings (SSSR count). The minimum atomic E-state index is -5.37. The molecule has 0 atom stereocenters. The summed E-state index contributed by atoms with van der Waals surface area (Å²) in [6.45, 7) is 1.63. The highest BCUT2D eigenvalue weighted by Crippen LogP contribution is 2.23. The van der Waals surface area contributed by atoms with Gasteiger partial charge in [0.1, 0.15) is 0 Å². The highest BCUT2D eigenvalue weighted by molar-refractivity contribution is 7.96. The maximum atomic E-state index is 11.9. The Labute approximate surface area is 91.0 Å². The van der Waals surface area contributed by atoms with Crippen LogP contribution in [0.5, 0.6) is 0 Å². The average molecular weight is 248 g/mol. The second kappa shape index (κ2) is 4.18. The van der Waals surface area contributed by atoms with Crippen LogP contribution in [0, 0.1) is 18.1 Å². The molecular weight excluding hydrogens is 241 g/mol. The summed E-state index contributed by atoms with van der Waals surface area (Å²) >= 11 is 0. The third kappa shape index (κ3) is 2.76. The zero-order valence-electron chi connectivity index (χ0n) is 8.17. The molecule has 0 bridgehead atoms. The van der Waals surface area contributed by atoms with Gasteiger partial charge in [0.05, 0.1) is 0 Å². The molecule has 0 saturated heterocycles. The van der Waals surface area contributed by atoms with Crippen LogP contribution in [0.1, 0.15) is 11.1 Å². The highest BCUT2D eigenvalue weighted by Gasteiger charge is 2.44. The molecule has 16 heavy (non-hydrogen) atoms. The van der Waals surface area contributed by atoms with E-state index in [2.05, 4.69) is 0 Å². The fourth-order valence-electron chi connectivity index (χ4n) is 0.893. The van der Waals surface area contributed by atoms with Gasteiger partial charge in [-0.25, -0.2) is 8.42 Å². The van der Waals surface area contributed by atoms with Crippen molar-refractivity contribution >= 4 is 9.84 Å². The Kier molecular flexibility index (Phi) is 3.29. The number of sulfone groups is 1. The predicted molar refractivity (Wildman–Crippen MR) is 53.0 cm³/mol. The van der Waals surface area contributed by atoms with Gasteiger partial charge >= 0.3 is 15.3 Å². The molecule has 0 heterocycles. The minimum absolute atomic E-state index is 0.260. The first-order valence-corrected chi connectivity index (χ1v) is 5.62. The van der Waals surface area contributed by atoms with Crippen molar-refractivity contribution in [2.75, 3.05) is 0 Å². The second-order valence-electron chi connectivity index (χ2n) is 2.99. The lowest BCUT2D eigenvalue weighted by molar-refractivity contribution is -0.0420. The molecule has 1 aromatic rings. The Morgan fingerprint density at radius 3 is 2.25 bits per heavy atom. The fraction of sp³-hybridized carbons (Fsp3) is 0.200. The van der Waals surface area contributed by atoms with Crippen LogP contribution >= 0.6 is 0 Å². The Hall–Kier alpha value is -1.48. The molecule has 0 radical (unpaired) electrons. The largest absolute Gasteiger partial charge is 0.509 e. The van der Waals surface area contributed by atoms with Gasteiger partial charge in [0, 0.05) is 10.8 Å². The summed E-state index contributed by atoms with van der Waals surface area (Å²) in [5.74, 6) is 2.00. The van der Waals surface area contributed by atoms with Gasteiger partial charge in [0.25, 0.3) is 0 Å². The number of benzene rings is 1. The van der Waals surface area contributed by atoms with Gasteiger partial charge in [-0.3, -0.25) is 0 Å². The first kappa shape index (κ1) is 12.6. The van der Waals surface area contributed by atoms with Crippen LogP contribution in [-0.4, -0.2) is 13.9 Å². The maximum absolute atomic E-state index is 11.9. The second-order valence-corrected chi connectivity index (χ2v) is 4.67. The average Bonchev–Trinajstić information content (AvgIpc) is 2.15. The van der Waals surface area contributed by atoms with E-state index in [4.69, 9.17) is 0 Å². The van der Waals surface area contributed by atoms with E-state index < -0.39 is 15.3 Å². The van der Waals surface area contributed by atoms with Gasteiger partial charge in [-0.2, -0.15) is 13.2 Å². The number of rotatable bonds is 0. The van der Waals surface area contributed by atoms with Gasteiger partial charge in [-0.15, -0.1) is 0 Å². The zero-order chi connectivity index (χ0) is 12.4. The number of halogens is 3. The molecule has 0 N–H and O–H groups in total. The Morgan fingerprint density at radius 1 is 1.19 bits per heavy atom. The summed E-state index contributed by atoms with van der Waals surface area (Å²) < 4.78 is 57.1. The molecule has 0 aliphatic heterocycles. The van der Waals surface area contributed by atoms with E-state index in [1.165, 1.54) is 11.3 Å². The van der Waals surface area contributed by atoms with E-state index in [0.29, 0.717) is 5.56 Å². The summed E-state index contributed by atoms with van der Waals surface area (Å²) in [6.07, 6.45) is 0. The van der Waals surface area contributed by atoms with Gasteiger partial charge in [-0.05, 0) is 24.5 Å². The molecule has 0 spiro atoms. The zero-order valence-corrected chi connectivity index (χ0v) is 8.98. The van der Waals surface area contributed by atoms with Gasteiger partial charge < -0.3 is 0 Å². The van der Waals surface area contributed by atoms with Crippen LogP contribution in [-0.2, 0) is 9.84 Å². The quantitative estimate of drug-likeness (QED) is 0.660. The molecule has 0 fully saturated rings. The number of hydrogen-bond donors (Lipinski definition) is 0. The summed E-state index contributed by atoms with van der Waals surface area (Å²) in [4.78, 5) is 0. The SMILES string of the molecule is Cc1ccccc1C#CS(=O)(=O)C(F)(F)F. The lowest BCUT2D eigenvalue weighted by Crippen LogP contribution is -2.20. The normalized spacial score (nSPS) is 11.8. The molecule has 0 aliphatic rings. The van der Waals surface area contributed by atoms with Gasteiger partial charge in [0.15, 0.2) is 0 Å². The Morgan fingerprint density at radius 2 is 1.75 bits per heavy atom. The summed E-state index contributed by atoms with van der Waals surface area (Å²) in [5.41, 5.74) is -4.45. The number of alkyl halides is 3. The van der Waals surface area contributed by atoms with E-state index in [0.717, 1.165) is 0 Å². The maximum Gasteiger partial charge on any atom is 0.509 e. The van der Waals surface area contributed by atoms with Crippen LogP contribution in [0.3, 0.4) is 0 Å². The van der Waals surface area contributed by atoms with Crippen molar-refractivity contribution in [1.82, 2.24) is 0 Å². The van der Waals surface area contributed by atoms with E-state index >= 15 is 0 Å². The Bertz CT molecular complexity index is 547. The van der Waals surface area contributed by atoms with Crippen LogP contribution in [0.25, 0.3) is 0 Å². The van der Waals surface area contributed by atoms with Crippen LogP contribution in [0.2, 0.25) is 0 Å². The molecule has 0 aromatic heterocycles. The molecule has 2 nitrogen and oxygen atoms in total. The van der Waals surface area contributed by atoms with Crippen LogP contribution in [0.15, 0.2) is 24.3 Å². The lowest BCUT2D eigenvalue weighted by atomic mass is 10.1. The molecule has 0 amide bonds. The van der Waals surface area contributed by atoms with Crippen molar-refractivity contribution in [2.24, 2.45) is 0 Å². The van der Waals surface area contributed by atoms with Crippen molar-refractivity contribution < 1.29 is 21.6 Å². The van der Waals surface area contributed by atoms with Crippen molar-refractivity contribution in [3.05, 3.63) is 35.4 Å². The van der Waals surface area contributed by atoms with Crippen molar-refractivity contribution in [3.8, 4) is 11.2 Å². The van der Waals surface area contributed by atoms with E-state index in [-0.39, 0.29) is 5.56 Å². The lowest BCUT2D eigenvalue weighted by Gasteiger charge is -2.00. The van der Waals surface area contributed by atoms with E-state index in [1.54, 1.807) is 25.1 Å². The molecular formula is C10H7F3O2S. The first-order valence-electron chi connectivity index (χ1n) is 4.14. The van der Waals surface area contributed by atoms with Crippen LogP contribution in [0.4, 0.5) is 13.2 Å². The summed E-state index contributed by atoms with van der Waals surface area (Å²) in [5, 5.41) is 1.25. The standard InChI is InChI=1S/C10H7F3O2S/c1-8-4-2-3-5-9(8)6-7-16(14,15)10(11,12)13/h2-5H,1H3. The molecule has 0 aliphatic carbocycles. The molecule has 86 valence electrons. The summed E-state index contributed by atoms with van der Waals surface area (Å²) in [7, 11) is -5.37. The van der Waals surface area contributed by atoms with Crippen molar-refractivity contribution in [1.29, 1.82) is 0 Å². The minimum Gasteiger partial charge on any atom is -0.206 e. The summed E-state index contributed by atoms with van der Waals surface area (Å²) in [6, 6.07) is 6.33. The van der Waals surface area contributed by atoms with Crippen molar-refractivity contribution in [3.63, 3.8) is 0 Å². The van der Waals surface area contributed by atoms with Crippen LogP contribution < -0.4 is 0 Å². The van der Waals surface area contributed by atoms with Gasteiger partial charge in [0.2, 0.25) is 0 Å². The molecule has 1 aromatic carbocycles. The smallest absolute Gasteiger partial charge is 0.206 e. The molecule has 6 heteroatoms. The third-order valence-corrected chi connectivity index (χ3v) is 2.75. The Balaban J connectivity index is 3.15. The predicted octanol–water partition coefficient (Wildman–Crippen LogP) is 2.24. The number of hydrogen-bond acceptors (Lipinski definition) is 2. The number of aryl methyl sites for hydroxylation is 1.